The van der Waals surface area contributed by atoms with Gasteiger partial charge in [-0.2, -0.15) is 18.4 Å². The fraction of sp³-hybridized carbons (Fsp3) is 0.0392. The Morgan fingerprint density at radius 1 is 0.456 bits per heavy atom. The molecule has 0 aliphatic rings. The molecule has 272 valence electrons. The highest BCUT2D eigenvalue weighted by molar-refractivity contribution is 6.12. The van der Waals surface area contributed by atoms with E-state index in [1.807, 2.05) is 110 Å². The normalized spacial score (nSPS) is 11.8. The van der Waals surface area contributed by atoms with Crippen LogP contribution in [0.2, 0.25) is 0 Å². The van der Waals surface area contributed by atoms with Gasteiger partial charge < -0.3 is 9.13 Å². The van der Waals surface area contributed by atoms with Gasteiger partial charge in [-0.05, 0) is 89.3 Å². The van der Waals surface area contributed by atoms with Gasteiger partial charge in [-0.15, -0.1) is 0 Å². The maximum atomic E-state index is 16.5. The number of fused-ring (bicyclic) bond motifs is 6. The zero-order valence-corrected chi connectivity index (χ0v) is 30.7. The van der Waals surface area contributed by atoms with E-state index in [0.717, 1.165) is 49.4 Å². The molecule has 6 heteroatoms. The van der Waals surface area contributed by atoms with E-state index >= 15 is 13.2 Å². The molecule has 0 atom stereocenters. The summed E-state index contributed by atoms with van der Waals surface area (Å²) in [6.45, 7) is 2.04. The van der Waals surface area contributed by atoms with Crippen molar-refractivity contribution in [3.05, 3.63) is 193 Å². The standard InChI is InChI=1S/C51H32F3N3/c1-32-18-20-35(21-19-32)37-22-25-46-42(30-37)40-14-5-7-16-44(40)56(46)48-27-24-39(38-13-9-10-33(28-38)31-55)50(49(48)51(52,53)54)57-45-17-8-6-15-41(45)43-29-36(23-26-47(43)57)34-11-3-2-4-12-34/h2-30H,1H3. The van der Waals surface area contributed by atoms with Crippen LogP contribution >= 0.6 is 0 Å². The Labute approximate surface area is 326 Å². The van der Waals surface area contributed by atoms with Gasteiger partial charge in [0.05, 0.1) is 45.1 Å². The summed E-state index contributed by atoms with van der Waals surface area (Å²) in [6.07, 6.45) is -4.81. The largest absolute Gasteiger partial charge is 0.420 e. The van der Waals surface area contributed by atoms with Crippen molar-refractivity contribution in [1.82, 2.24) is 9.13 Å². The van der Waals surface area contributed by atoms with Gasteiger partial charge >= 0.3 is 6.18 Å². The van der Waals surface area contributed by atoms with Crippen LogP contribution in [-0.2, 0) is 6.18 Å². The van der Waals surface area contributed by atoms with Crippen molar-refractivity contribution in [2.45, 2.75) is 13.1 Å². The number of alkyl halides is 3. The van der Waals surface area contributed by atoms with Crippen LogP contribution in [0, 0.1) is 18.3 Å². The van der Waals surface area contributed by atoms with Gasteiger partial charge in [-0.1, -0.05) is 127 Å². The summed E-state index contributed by atoms with van der Waals surface area (Å²) in [7, 11) is 0. The number of rotatable bonds is 5. The Balaban J connectivity index is 1.34. The van der Waals surface area contributed by atoms with Crippen LogP contribution < -0.4 is 0 Å². The first kappa shape index (κ1) is 34.2. The second-order valence-corrected chi connectivity index (χ2v) is 14.4. The van der Waals surface area contributed by atoms with Crippen molar-refractivity contribution in [2.75, 3.05) is 0 Å². The van der Waals surface area contributed by atoms with Crippen LogP contribution in [0.1, 0.15) is 16.7 Å². The quantitative estimate of drug-likeness (QED) is 0.173. The highest BCUT2D eigenvalue weighted by atomic mass is 19.4. The van der Waals surface area contributed by atoms with Gasteiger partial charge in [0.1, 0.15) is 5.56 Å². The third-order valence-electron chi connectivity index (χ3n) is 11.0. The van der Waals surface area contributed by atoms with E-state index in [4.69, 9.17) is 0 Å². The molecular weight excluding hydrogens is 712 g/mol. The molecule has 57 heavy (non-hydrogen) atoms. The molecule has 0 N–H and O–H groups in total. The van der Waals surface area contributed by atoms with Gasteiger partial charge in [-0.3, -0.25) is 0 Å². The number of benzene rings is 8. The van der Waals surface area contributed by atoms with Crippen molar-refractivity contribution in [3.63, 3.8) is 0 Å². The second-order valence-electron chi connectivity index (χ2n) is 14.4. The molecular formula is C51H32F3N3. The predicted molar refractivity (Wildman–Crippen MR) is 226 cm³/mol. The summed E-state index contributed by atoms with van der Waals surface area (Å²) in [5.74, 6) is 0. The number of aromatic nitrogens is 2. The minimum Gasteiger partial charge on any atom is -0.309 e. The van der Waals surface area contributed by atoms with E-state index in [2.05, 4.69) is 42.5 Å². The molecule has 3 nitrogen and oxygen atoms in total. The molecule has 0 saturated heterocycles. The Hall–Kier alpha value is -7.36. The Morgan fingerprint density at radius 2 is 0.982 bits per heavy atom. The minimum atomic E-state index is -4.81. The molecule has 2 heterocycles. The number of aryl methyl sites for hydroxylation is 1. The average Bonchev–Trinajstić information content (AvgIpc) is 3.75. The van der Waals surface area contributed by atoms with E-state index in [9.17, 15) is 5.26 Å². The van der Waals surface area contributed by atoms with Gasteiger partial charge in [0, 0.05) is 27.1 Å². The Kier molecular flexibility index (Phi) is 7.88. The van der Waals surface area contributed by atoms with E-state index < -0.39 is 11.7 Å². The van der Waals surface area contributed by atoms with Gasteiger partial charge in [-0.25, -0.2) is 0 Å². The minimum absolute atomic E-state index is 0.00374. The van der Waals surface area contributed by atoms with Crippen LogP contribution in [0.5, 0.6) is 0 Å². The van der Waals surface area contributed by atoms with Crippen molar-refractivity contribution in [2.24, 2.45) is 0 Å². The van der Waals surface area contributed by atoms with Crippen molar-refractivity contribution in [1.29, 1.82) is 5.26 Å². The Morgan fingerprint density at radius 3 is 1.61 bits per heavy atom. The van der Waals surface area contributed by atoms with Gasteiger partial charge in [0.25, 0.3) is 0 Å². The molecule has 8 aromatic carbocycles. The Bertz CT molecular complexity index is 3230. The lowest BCUT2D eigenvalue weighted by molar-refractivity contribution is -0.137. The van der Waals surface area contributed by atoms with Gasteiger partial charge in [0.2, 0.25) is 0 Å². The zero-order valence-electron chi connectivity index (χ0n) is 30.7. The number of nitriles is 1. The highest BCUT2D eigenvalue weighted by Crippen LogP contribution is 2.48. The first-order valence-corrected chi connectivity index (χ1v) is 18.7. The lowest BCUT2D eigenvalue weighted by atomic mass is 9.96. The van der Waals surface area contributed by atoms with Crippen molar-refractivity contribution in [3.8, 4) is 50.8 Å². The van der Waals surface area contributed by atoms with E-state index in [1.165, 1.54) is 0 Å². The SMILES string of the molecule is Cc1ccc(-c2ccc3c(c2)c2ccccc2n3-c2ccc(-c3cccc(C#N)c3)c(-n3c4ccccc4c4cc(-c5ccccc5)ccc43)c2C(F)(F)F)cc1. The summed E-state index contributed by atoms with van der Waals surface area (Å²) < 4.78 is 52.9. The number of para-hydroxylation sites is 2. The van der Waals surface area contributed by atoms with Crippen LogP contribution in [0.4, 0.5) is 13.2 Å². The predicted octanol–water partition coefficient (Wildman–Crippen LogP) is 14.1. The number of hydrogen-bond donors (Lipinski definition) is 0. The number of halogens is 3. The van der Waals surface area contributed by atoms with Gasteiger partial charge in [0.15, 0.2) is 0 Å². The van der Waals surface area contributed by atoms with Crippen molar-refractivity contribution >= 4 is 43.6 Å². The molecule has 0 amide bonds. The van der Waals surface area contributed by atoms with Crippen molar-refractivity contribution < 1.29 is 13.2 Å². The third kappa shape index (κ3) is 5.58. The maximum absolute atomic E-state index is 16.5. The molecule has 0 bridgehead atoms. The number of nitrogens with zero attached hydrogens (tertiary/aromatic N) is 3. The third-order valence-corrected chi connectivity index (χ3v) is 11.0. The van der Waals surface area contributed by atoms with Crippen LogP contribution in [0.3, 0.4) is 0 Å². The summed E-state index contributed by atoms with van der Waals surface area (Å²) in [5.41, 5.74) is 8.22. The topological polar surface area (TPSA) is 33.6 Å². The number of hydrogen-bond acceptors (Lipinski definition) is 1. The molecule has 0 unspecified atom stereocenters. The lowest BCUT2D eigenvalue weighted by Gasteiger charge is -2.24. The highest BCUT2D eigenvalue weighted by Gasteiger charge is 2.40. The maximum Gasteiger partial charge on any atom is 0.420 e. The fourth-order valence-corrected chi connectivity index (χ4v) is 8.45. The lowest BCUT2D eigenvalue weighted by Crippen LogP contribution is -2.16. The van der Waals surface area contributed by atoms with Crippen LogP contribution in [-0.4, -0.2) is 9.13 Å². The second kappa shape index (κ2) is 13.1. The average molecular weight is 744 g/mol. The fourth-order valence-electron chi connectivity index (χ4n) is 8.45. The van der Waals surface area contributed by atoms with Crippen LogP contribution in [0.25, 0.3) is 88.4 Å². The smallest absolute Gasteiger partial charge is 0.309 e. The molecule has 0 radical (unpaired) electrons. The van der Waals surface area contributed by atoms with E-state index in [1.54, 1.807) is 45.5 Å². The summed E-state index contributed by atoms with van der Waals surface area (Å²) >= 11 is 0. The molecule has 0 saturated carbocycles. The molecule has 2 aromatic heterocycles. The zero-order chi connectivity index (χ0) is 38.8. The summed E-state index contributed by atoms with van der Waals surface area (Å²) in [5, 5.41) is 13.3. The van der Waals surface area contributed by atoms with E-state index in [0.29, 0.717) is 38.8 Å². The molecule has 10 rings (SSSR count). The van der Waals surface area contributed by atoms with E-state index in [-0.39, 0.29) is 11.4 Å². The van der Waals surface area contributed by atoms with Crippen LogP contribution in [0.15, 0.2) is 176 Å². The summed E-state index contributed by atoms with van der Waals surface area (Å²) in [4.78, 5) is 0. The first-order chi connectivity index (χ1) is 27.8. The molecule has 0 spiro atoms. The first-order valence-electron chi connectivity index (χ1n) is 18.7. The molecule has 0 aliphatic heterocycles. The summed E-state index contributed by atoms with van der Waals surface area (Å²) in [6, 6.07) is 57.8. The monoisotopic (exact) mass is 743 g/mol. The molecule has 0 fully saturated rings. The molecule has 0 aliphatic carbocycles. The molecule has 10 aromatic rings.